The highest BCUT2D eigenvalue weighted by Gasteiger charge is 2.19. The lowest BCUT2D eigenvalue weighted by Crippen LogP contribution is -2.17. The van der Waals surface area contributed by atoms with Crippen LogP contribution in [0.2, 0.25) is 0 Å². The van der Waals surface area contributed by atoms with E-state index in [0.717, 1.165) is 42.4 Å². The van der Waals surface area contributed by atoms with Crippen LogP contribution in [0.5, 0.6) is 0 Å². The summed E-state index contributed by atoms with van der Waals surface area (Å²) in [5.74, 6) is 1.72. The van der Waals surface area contributed by atoms with Gasteiger partial charge in [0.15, 0.2) is 0 Å². The summed E-state index contributed by atoms with van der Waals surface area (Å²) in [5.41, 5.74) is 1.88. The minimum absolute atomic E-state index is 0.0837. The van der Waals surface area contributed by atoms with Crippen molar-refractivity contribution >= 4 is 5.82 Å². The van der Waals surface area contributed by atoms with Crippen molar-refractivity contribution in [1.29, 1.82) is 0 Å². The van der Waals surface area contributed by atoms with E-state index in [1.54, 1.807) is 0 Å². The summed E-state index contributed by atoms with van der Waals surface area (Å²) in [5, 5.41) is 7.67. The quantitative estimate of drug-likeness (QED) is 0.914. The topological polar surface area (TPSA) is 55.6 Å². The van der Waals surface area contributed by atoms with E-state index in [2.05, 4.69) is 50.0 Å². The van der Waals surface area contributed by atoms with Gasteiger partial charge in [-0.2, -0.15) is 5.10 Å². The van der Waals surface area contributed by atoms with Crippen LogP contribution in [0, 0.1) is 0 Å². The lowest BCUT2D eigenvalue weighted by molar-refractivity contribution is 0.546. The number of hydrogen-bond acceptors (Lipinski definition) is 4. The maximum absolute atomic E-state index is 4.73. The zero-order valence-corrected chi connectivity index (χ0v) is 13.6. The first-order chi connectivity index (χ1) is 9.94. The van der Waals surface area contributed by atoms with E-state index in [9.17, 15) is 0 Å². The highest BCUT2D eigenvalue weighted by Crippen LogP contribution is 2.25. The lowest BCUT2D eigenvalue weighted by atomic mass is 9.95. The van der Waals surface area contributed by atoms with E-state index in [1.165, 1.54) is 0 Å². The lowest BCUT2D eigenvalue weighted by Gasteiger charge is -2.18. The van der Waals surface area contributed by atoms with E-state index in [0.29, 0.717) is 0 Å². The van der Waals surface area contributed by atoms with Gasteiger partial charge < -0.3 is 5.32 Å². The largest absolute Gasteiger partial charge is 0.370 e. The second-order valence-electron chi connectivity index (χ2n) is 6.23. The first-order valence-corrected chi connectivity index (χ1v) is 7.60. The normalized spacial score (nSPS) is 11.7. The summed E-state index contributed by atoms with van der Waals surface area (Å²) in [7, 11) is 0. The first kappa shape index (κ1) is 15.5. The molecule has 0 saturated heterocycles. The molecule has 0 aliphatic rings. The molecule has 2 heterocycles. The van der Waals surface area contributed by atoms with Gasteiger partial charge in [0.25, 0.3) is 0 Å². The molecule has 5 nitrogen and oxygen atoms in total. The van der Waals surface area contributed by atoms with Gasteiger partial charge in [0.2, 0.25) is 0 Å². The number of rotatable bonds is 5. The first-order valence-electron chi connectivity index (χ1n) is 7.60. The van der Waals surface area contributed by atoms with Crippen LogP contribution in [-0.2, 0) is 12.0 Å². The van der Waals surface area contributed by atoms with Crippen molar-refractivity contribution in [3.63, 3.8) is 0 Å². The molecule has 5 heteroatoms. The summed E-state index contributed by atoms with van der Waals surface area (Å²) in [6, 6.07) is 1.99. The van der Waals surface area contributed by atoms with Crippen molar-refractivity contribution in [3.05, 3.63) is 24.3 Å². The van der Waals surface area contributed by atoms with Crippen LogP contribution < -0.4 is 5.32 Å². The second kappa shape index (κ2) is 6.24. The standard InChI is InChI=1S/C16H25N5/c1-6-8-21-11-12(10-18-21)13-9-14(17-7-2)20-15(19-13)16(3,4)5/h9-11H,6-8H2,1-5H3,(H,17,19,20). The van der Waals surface area contributed by atoms with E-state index < -0.39 is 0 Å². The van der Waals surface area contributed by atoms with Gasteiger partial charge >= 0.3 is 0 Å². The Morgan fingerprint density at radius 3 is 2.57 bits per heavy atom. The fraction of sp³-hybridized carbons (Fsp3) is 0.562. The smallest absolute Gasteiger partial charge is 0.136 e. The van der Waals surface area contributed by atoms with Crippen molar-refractivity contribution in [3.8, 4) is 11.3 Å². The molecule has 0 fully saturated rings. The average molecular weight is 287 g/mol. The van der Waals surface area contributed by atoms with Crippen LogP contribution in [0.1, 0.15) is 46.9 Å². The number of nitrogens with zero attached hydrogens (tertiary/aromatic N) is 4. The Kier molecular flexibility index (Phi) is 4.60. The van der Waals surface area contributed by atoms with E-state index in [1.807, 2.05) is 23.1 Å². The van der Waals surface area contributed by atoms with Gasteiger partial charge in [0.05, 0.1) is 11.9 Å². The van der Waals surface area contributed by atoms with Crippen LogP contribution in [0.15, 0.2) is 18.5 Å². The monoisotopic (exact) mass is 287 g/mol. The van der Waals surface area contributed by atoms with Crippen molar-refractivity contribution < 1.29 is 0 Å². The van der Waals surface area contributed by atoms with E-state index in [4.69, 9.17) is 4.98 Å². The van der Waals surface area contributed by atoms with Gasteiger partial charge in [-0.25, -0.2) is 9.97 Å². The number of nitrogens with one attached hydrogen (secondary N) is 1. The summed E-state index contributed by atoms with van der Waals surface area (Å²) < 4.78 is 1.96. The van der Waals surface area contributed by atoms with Crippen LogP contribution in [-0.4, -0.2) is 26.3 Å². The molecule has 2 aromatic heterocycles. The molecule has 0 bridgehead atoms. The van der Waals surface area contributed by atoms with E-state index in [-0.39, 0.29) is 5.41 Å². The van der Waals surface area contributed by atoms with Crippen molar-refractivity contribution in [2.24, 2.45) is 0 Å². The van der Waals surface area contributed by atoms with Crippen molar-refractivity contribution in [2.75, 3.05) is 11.9 Å². The predicted molar refractivity (Wildman–Crippen MR) is 86.4 cm³/mol. The molecule has 0 radical (unpaired) electrons. The van der Waals surface area contributed by atoms with Gasteiger partial charge in [-0.15, -0.1) is 0 Å². The molecule has 0 aromatic carbocycles. The molecule has 0 aliphatic heterocycles. The highest BCUT2D eigenvalue weighted by atomic mass is 15.3. The maximum atomic E-state index is 4.73. The Hall–Kier alpha value is -1.91. The molecule has 0 atom stereocenters. The van der Waals surface area contributed by atoms with Gasteiger partial charge in [-0.05, 0) is 13.3 Å². The fourth-order valence-electron chi connectivity index (χ4n) is 2.05. The SMILES string of the molecule is CCCn1cc(-c2cc(NCC)nc(C(C)(C)C)n2)cn1. The molecular weight excluding hydrogens is 262 g/mol. The Bertz CT molecular complexity index is 595. The second-order valence-corrected chi connectivity index (χ2v) is 6.23. The predicted octanol–water partition coefficient (Wildman–Crippen LogP) is 3.48. The zero-order chi connectivity index (χ0) is 15.5. The third-order valence-corrected chi connectivity index (χ3v) is 3.14. The number of aryl methyl sites for hydroxylation is 1. The Morgan fingerprint density at radius 2 is 1.95 bits per heavy atom. The molecule has 21 heavy (non-hydrogen) atoms. The molecule has 0 spiro atoms. The maximum Gasteiger partial charge on any atom is 0.136 e. The summed E-state index contributed by atoms with van der Waals surface area (Å²) in [4.78, 5) is 9.34. The summed E-state index contributed by atoms with van der Waals surface area (Å²) in [6.07, 6.45) is 4.99. The minimum atomic E-state index is -0.0837. The van der Waals surface area contributed by atoms with Crippen LogP contribution in [0.25, 0.3) is 11.3 Å². The van der Waals surface area contributed by atoms with Gasteiger partial charge in [-0.1, -0.05) is 27.7 Å². The number of hydrogen-bond donors (Lipinski definition) is 1. The summed E-state index contributed by atoms with van der Waals surface area (Å²) in [6.45, 7) is 12.4. The molecule has 0 aliphatic carbocycles. The van der Waals surface area contributed by atoms with Crippen LogP contribution in [0.3, 0.4) is 0 Å². The highest BCUT2D eigenvalue weighted by molar-refractivity contribution is 5.61. The molecule has 0 saturated carbocycles. The minimum Gasteiger partial charge on any atom is -0.370 e. The van der Waals surface area contributed by atoms with Crippen LogP contribution >= 0.6 is 0 Å². The zero-order valence-electron chi connectivity index (χ0n) is 13.6. The fourth-order valence-corrected chi connectivity index (χ4v) is 2.05. The van der Waals surface area contributed by atoms with Gasteiger partial charge in [0, 0.05) is 36.3 Å². The van der Waals surface area contributed by atoms with Gasteiger partial charge in [0.1, 0.15) is 11.6 Å². The molecule has 2 aromatic rings. The molecule has 114 valence electrons. The number of anilines is 1. The summed E-state index contributed by atoms with van der Waals surface area (Å²) >= 11 is 0. The van der Waals surface area contributed by atoms with E-state index >= 15 is 0 Å². The third kappa shape index (κ3) is 3.80. The van der Waals surface area contributed by atoms with Crippen molar-refractivity contribution in [2.45, 2.75) is 53.0 Å². The molecular formula is C16H25N5. The van der Waals surface area contributed by atoms with Crippen molar-refractivity contribution in [1.82, 2.24) is 19.7 Å². The molecule has 0 unspecified atom stereocenters. The van der Waals surface area contributed by atoms with Gasteiger partial charge in [-0.3, -0.25) is 4.68 Å². The molecule has 0 amide bonds. The molecule has 2 rings (SSSR count). The number of aromatic nitrogens is 4. The third-order valence-electron chi connectivity index (χ3n) is 3.14. The van der Waals surface area contributed by atoms with Crippen LogP contribution in [0.4, 0.5) is 5.82 Å². The average Bonchev–Trinajstić information content (AvgIpc) is 2.87. The Labute approximate surface area is 126 Å². The Balaban J connectivity index is 2.43. The Morgan fingerprint density at radius 1 is 1.19 bits per heavy atom. The molecule has 1 N–H and O–H groups in total.